The second kappa shape index (κ2) is 9.58. The fraction of sp³-hybridized carbons (Fsp3) is 0.0833. The molecule has 1 aromatic heterocycles. The predicted octanol–water partition coefficient (Wildman–Crippen LogP) is 3.95. The summed E-state index contributed by atoms with van der Waals surface area (Å²) in [5, 5.41) is 13.5. The molecule has 1 aliphatic heterocycles. The van der Waals surface area contributed by atoms with Gasteiger partial charge in [0, 0.05) is 17.3 Å². The summed E-state index contributed by atoms with van der Waals surface area (Å²) in [5.74, 6) is -1.96. The number of nitrogens with one attached hydrogen (secondary N) is 1. The van der Waals surface area contributed by atoms with E-state index in [1.165, 1.54) is 24.3 Å². The van der Waals surface area contributed by atoms with Gasteiger partial charge in [-0.15, -0.1) is 0 Å². The van der Waals surface area contributed by atoms with Crippen LogP contribution in [-0.2, 0) is 9.59 Å². The van der Waals surface area contributed by atoms with E-state index in [4.69, 9.17) is 16.0 Å². The highest BCUT2D eigenvalue weighted by Crippen LogP contribution is 2.35. The molecule has 0 atom stereocenters. The number of nitrogens with zero attached hydrogens (tertiary/aromatic N) is 1. The maximum Gasteiger partial charge on any atom is 0.294 e. The Kier molecular flexibility index (Phi) is 6.58. The zero-order chi connectivity index (χ0) is 24.4. The van der Waals surface area contributed by atoms with Gasteiger partial charge < -0.3 is 19.6 Å². The number of furan rings is 1. The number of carbonyl (C=O) groups excluding carboxylic acids is 4. The fourth-order valence-electron chi connectivity index (χ4n) is 3.25. The summed E-state index contributed by atoms with van der Waals surface area (Å²) in [6.07, 6.45) is 1.38. The Bertz CT molecular complexity index is 1360. The fourth-order valence-corrected chi connectivity index (χ4v) is 4.28. The van der Waals surface area contributed by atoms with Crippen LogP contribution in [0.15, 0.2) is 63.9 Å². The number of carboxylic acid groups (broad SMARTS) is 1. The van der Waals surface area contributed by atoms with E-state index in [-0.39, 0.29) is 27.0 Å². The van der Waals surface area contributed by atoms with Gasteiger partial charge >= 0.3 is 0 Å². The highest BCUT2D eigenvalue weighted by molar-refractivity contribution is 8.18. The maximum absolute atomic E-state index is 12.7. The number of amides is 3. The largest absolute Gasteiger partial charge is 0.545 e. The van der Waals surface area contributed by atoms with E-state index >= 15 is 0 Å². The van der Waals surface area contributed by atoms with E-state index < -0.39 is 29.6 Å². The molecular weight excluding hydrogens is 480 g/mol. The van der Waals surface area contributed by atoms with E-state index in [2.05, 4.69) is 5.32 Å². The predicted molar refractivity (Wildman–Crippen MR) is 126 cm³/mol. The highest BCUT2D eigenvalue weighted by Gasteiger charge is 2.36. The Morgan fingerprint density at radius 3 is 2.68 bits per heavy atom. The van der Waals surface area contributed by atoms with Crippen LogP contribution >= 0.6 is 23.4 Å². The van der Waals surface area contributed by atoms with Gasteiger partial charge in [0.05, 0.1) is 15.9 Å². The molecule has 0 aliphatic carbocycles. The Balaban J connectivity index is 1.49. The van der Waals surface area contributed by atoms with Crippen molar-refractivity contribution in [2.75, 3.05) is 11.9 Å². The summed E-state index contributed by atoms with van der Waals surface area (Å²) in [6, 6.07) is 14.3. The maximum atomic E-state index is 12.7. The molecule has 2 aromatic carbocycles. The van der Waals surface area contributed by atoms with Gasteiger partial charge in [0.25, 0.3) is 11.1 Å². The van der Waals surface area contributed by atoms with Crippen LogP contribution in [0.25, 0.3) is 17.4 Å². The van der Waals surface area contributed by atoms with Crippen LogP contribution < -0.4 is 10.4 Å². The lowest BCUT2D eigenvalue weighted by Crippen LogP contribution is -2.36. The molecule has 3 aromatic rings. The highest BCUT2D eigenvalue weighted by atomic mass is 35.5. The van der Waals surface area contributed by atoms with Crippen LogP contribution in [0, 0.1) is 6.92 Å². The third kappa shape index (κ3) is 5.05. The van der Waals surface area contributed by atoms with Crippen LogP contribution in [0.5, 0.6) is 0 Å². The molecule has 0 spiro atoms. The van der Waals surface area contributed by atoms with Crippen LogP contribution in [0.1, 0.15) is 21.7 Å². The number of hydrogen-bond acceptors (Lipinski definition) is 7. The molecule has 0 saturated carbocycles. The van der Waals surface area contributed by atoms with E-state index in [9.17, 15) is 24.3 Å². The molecule has 10 heteroatoms. The van der Waals surface area contributed by atoms with Crippen molar-refractivity contribution in [3.63, 3.8) is 0 Å². The lowest BCUT2D eigenvalue weighted by molar-refractivity contribution is -0.255. The Morgan fingerprint density at radius 2 is 1.94 bits per heavy atom. The van der Waals surface area contributed by atoms with Crippen molar-refractivity contribution < 1.29 is 28.7 Å². The number of aryl methyl sites for hydroxylation is 1. The van der Waals surface area contributed by atoms with Gasteiger partial charge in [0.2, 0.25) is 5.91 Å². The summed E-state index contributed by atoms with van der Waals surface area (Å²) in [5.41, 5.74) is 1.79. The molecule has 0 bridgehead atoms. The molecule has 2 heterocycles. The van der Waals surface area contributed by atoms with Gasteiger partial charge in [0.1, 0.15) is 18.1 Å². The zero-order valence-electron chi connectivity index (χ0n) is 17.7. The van der Waals surface area contributed by atoms with Gasteiger partial charge in [-0.2, -0.15) is 0 Å². The van der Waals surface area contributed by atoms with Gasteiger partial charge in [-0.1, -0.05) is 29.8 Å². The monoisotopic (exact) mass is 495 g/mol. The Labute approximate surface area is 203 Å². The minimum absolute atomic E-state index is 0.0672. The summed E-state index contributed by atoms with van der Waals surface area (Å²) in [7, 11) is 0. The molecule has 8 nitrogen and oxygen atoms in total. The lowest BCUT2D eigenvalue weighted by Gasteiger charge is -2.12. The van der Waals surface area contributed by atoms with Gasteiger partial charge in [-0.05, 0) is 66.2 Å². The van der Waals surface area contributed by atoms with Crippen molar-refractivity contribution in [1.82, 2.24) is 4.90 Å². The van der Waals surface area contributed by atoms with E-state index in [0.29, 0.717) is 23.0 Å². The second-order valence-corrected chi connectivity index (χ2v) is 8.77. The molecule has 0 unspecified atom stereocenters. The first-order valence-electron chi connectivity index (χ1n) is 9.94. The normalized spacial score (nSPS) is 14.6. The first kappa shape index (κ1) is 23.3. The zero-order valence-corrected chi connectivity index (χ0v) is 19.2. The number of thioether (sulfide) groups is 1. The average molecular weight is 496 g/mol. The van der Waals surface area contributed by atoms with Crippen molar-refractivity contribution >= 4 is 58.1 Å². The van der Waals surface area contributed by atoms with E-state index in [0.717, 1.165) is 10.5 Å². The standard InChI is InChI=1S/C24H17ClN2O6S/c1-13-3-2-4-15(9-13)26-21(28)12-27-22(29)20(34-24(27)32)11-16-6-8-19(33-16)17-10-14(23(30)31)5-7-18(17)25/h2-11H,12H2,1H3,(H,26,28)(H,30,31)/p-1/b20-11+. The van der Waals surface area contributed by atoms with Crippen molar-refractivity contribution in [1.29, 1.82) is 0 Å². The third-order valence-electron chi connectivity index (χ3n) is 4.84. The number of imide groups is 1. The number of aromatic carboxylic acids is 1. The number of carboxylic acids is 1. The third-order valence-corrected chi connectivity index (χ3v) is 6.08. The lowest BCUT2D eigenvalue weighted by atomic mass is 10.1. The number of anilines is 1. The van der Waals surface area contributed by atoms with Crippen LogP contribution in [0.2, 0.25) is 5.02 Å². The summed E-state index contributed by atoms with van der Waals surface area (Å²) in [4.78, 5) is 49.5. The molecule has 1 fully saturated rings. The van der Waals surface area contributed by atoms with Crippen LogP contribution in [0.3, 0.4) is 0 Å². The van der Waals surface area contributed by atoms with Gasteiger partial charge in [-0.25, -0.2) is 0 Å². The molecular formula is C24H16ClN2O6S-. The smallest absolute Gasteiger partial charge is 0.294 e. The average Bonchev–Trinajstić information content (AvgIpc) is 3.34. The Hall–Kier alpha value is -3.82. The minimum Gasteiger partial charge on any atom is -0.545 e. The quantitative estimate of drug-likeness (QED) is 0.514. The molecule has 172 valence electrons. The second-order valence-electron chi connectivity index (χ2n) is 7.37. The molecule has 0 radical (unpaired) electrons. The summed E-state index contributed by atoms with van der Waals surface area (Å²) < 4.78 is 5.69. The molecule has 3 amide bonds. The SMILES string of the molecule is Cc1cccc(NC(=O)CN2C(=O)S/C(=C/c3ccc(-c4cc(C(=O)[O-])ccc4Cl)o3)C2=O)c1. The molecule has 1 saturated heterocycles. The van der Waals surface area contributed by atoms with Crippen molar-refractivity contribution in [3.05, 3.63) is 81.4 Å². The number of hydrogen-bond donors (Lipinski definition) is 1. The van der Waals surface area contributed by atoms with Crippen molar-refractivity contribution in [2.45, 2.75) is 6.92 Å². The van der Waals surface area contributed by atoms with Crippen molar-refractivity contribution in [2.24, 2.45) is 0 Å². The van der Waals surface area contributed by atoms with Crippen molar-refractivity contribution in [3.8, 4) is 11.3 Å². The van der Waals surface area contributed by atoms with Gasteiger partial charge in [0.15, 0.2) is 0 Å². The van der Waals surface area contributed by atoms with Crippen LogP contribution in [0.4, 0.5) is 10.5 Å². The first-order chi connectivity index (χ1) is 16.2. The van der Waals surface area contributed by atoms with E-state index in [1.54, 1.807) is 30.3 Å². The Morgan fingerprint density at radius 1 is 1.15 bits per heavy atom. The summed E-state index contributed by atoms with van der Waals surface area (Å²) >= 11 is 6.84. The molecule has 1 aliphatic rings. The first-order valence-corrected chi connectivity index (χ1v) is 11.1. The molecule has 4 rings (SSSR count). The molecule has 34 heavy (non-hydrogen) atoms. The van der Waals surface area contributed by atoms with Crippen LogP contribution in [-0.4, -0.2) is 34.5 Å². The number of carbonyl (C=O) groups is 4. The topological polar surface area (TPSA) is 120 Å². The summed E-state index contributed by atoms with van der Waals surface area (Å²) in [6.45, 7) is 1.45. The van der Waals surface area contributed by atoms with E-state index in [1.807, 2.05) is 13.0 Å². The molecule has 1 N–H and O–H groups in total. The minimum atomic E-state index is -1.36. The number of benzene rings is 2. The number of rotatable bonds is 6. The van der Waals surface area contributed by atoms with Gasteiger partial charge in [-0.3, -0.25) is 19.3 Å². The number of halogens is 1.